The van der Waals surface area contributed by atoms with Crippen LogP contribution in [0.4, 0.5) is 0 Å². The zero-order chi connectivity index (χ0) is 12.8. The lowest BCUT2D eigenvalue weighted by Gasteiger charge is -2.31. The smallest absolute Gasteiger partial charge is 0.132 e. The number of likely N-dealkylation sites (tertiary alicyclic amines) is 1. The van der Waals surface area contributed by atoms with Crippen LogP contribution in [0.3, 0.4) is 0 Å². The second kappa shape index (κ2) is 6.64. The highest BCUT2D eigenvalue weighted by Gasteiger charge is 2.20. The lowest BCUT2D eigenvalue weighted by molar-refractivity contribution is -0.120. The lowest BCUT2D eigenvalue weighted by Crippen LogP contribution is -2.34. The van der Waals surface area contributed by atoms with Crippen LogP contribution in [0.15, 0.2) is 24.4 Å². The van der Waals surface area contributed by atoms with E-state index in [1.165, 1.54) is 0 Å². The molecule has 2 heterocycles. The molecule has 0 aliphatic carbocycles. The van der Waals surface area contributed by atoms with E-state index in [0.717, 1.165) is 44.6 Å². The third-order valence-electron chi connectivity index (χ3n) is 3.73. The van der Waals surface area contributed by atoms with Crippen molar-refractivity contribution in [2.24, 2.45) is 5.92 Å². The van der Waals surface area contributed by atoms with Gasteiger partial charge in [0.05, 0.1) is 5.69 Å². The number of piperidine rings is 1. The fourth-order valence-corrected chi connectivity index (χ4v) is 2.54. The summed E-state index contributed by atoms with van der Waals surface area (Å²) in [7, 11) is 0. The van der Waals surface area contributed by atoms with Crippen molar-refractivity contribution in [2.45, 2.75) is 39.2 Å². The first-order chi connectivity index (χ1) is 8.78. The van der Waals surface area contributed by atoms with Crippen LogP contribution in [-0.4, -0.2) is 28.8 Å². The molecule has 0 amide bonds. The number of rotatable bonds is 5. The van der Waals surface area contributed by atoms with E-state index in [0.29, 0.717) is 18.1 Å². The third-order valence-corrected chi connectivity index (χ3v) is 3.73. The van der Waals surface area contributed by atoms with Crippen LogP contribution in [-0.2, 0) is 11.3 Å². The Morgan fingerprint density at radius 2 is 2.17 bits per heavy atom. The number of Topliss-reactive ketones (excluding diaryl/α,β-unsaturated/α-hetero) is 1. The van der Waals surface area contributed by atoms with Crippen LogP contribution in [0.1, 0.15) is 38.3 Å². The van der Waals surface area contributed by atoms with Crippen LogP contribution in [0, 0.1) is 5.92 Å². The van der Waals surface area contributed by atoms with E-state index in [9.17, 15) is 4.79 Å². The minimum Gasteiger partial charge on any atom is -0.300 e. The molecule has 0 N–H and O–H groups in total. The van der Waals surface area contributed by atoms with Gasteiger partial charge in [-0.3, -0.25) is 14.7 Å². The molecule has 18 heavy (non-hydrogen) atoms. The van der Waals surface area contributed by atoms with Crippen molar-refractivity contribution < 1.29 is 4.79 Å². The second-order valence-corrected chi connectivity index (χ2v) is 5.14. The Morgan fingerprint density at radius 3 is 2.78 bits per heavy atom. The Hall–Kier alpha value is -1.22. The summed E-state index contributed by atoms with van der Waals surface area (Å²) in [6.45, 7) is 5.09. The van der Waals surface area contributed by atoms with E-state index in [4.69, 9.17) is 0 Å². The fraction of sp³-hybridized carbons (Fsp3) is 0.600. The standard InChI is InChI=1S/C15H22N2O/c1-2-15(18)11-13-6-9-17(10-7-13)12-14-5-3-4-8-16-14/h3-5,8,13H,2,6-7,9-12H2,1H3. The van der Waals surface area contributed by atoms with Gasteiger partial charge in [-0.15, -0.1) is 0 Å². The Labute approximate surface area is 109 Å². The minimum atomic E-state index is 0.415. The topological polar surface area (TPSA) is 33.2 Å². The van der Waals surface area contributed by atoms with Crippen LogP contribution < -0.4 is 0 Å². The van der Waals surface area contributed by atoms with E-state index in [1.54, 1.807) is 0 Å². The largest absolute Gasteiger partial charge is 0.300 e. The van der Waals surface area contributed by atoms with Gasteiger partial charge in [0.15, 0.2) is 0 Å². The number of carbonyl (C=O) groups is 1. The monoisotopic (exact) mass is 246 g/mol. The van der Waals surface area contributed by atoms with E-state index < -0.39 is 0 Å². The number of hydrogen-bond donors (Lipinski definition) is 0. The maximum absolute atomic E-state index is 11.4. The summed E-state index contributed by atoms with van der Waals surface area (Å²) in [6.07, 6.45) is 5.63. The number of hydrogen-bond acceptors (Lipinski definition) is 3. The Balaban J connectivity index is 1.75. The number of ketones is 1. The first kappa shape index (κ1) is 13.2. The van der Waals surface area contributed by atoms with Gasteiger partial charge in [0.1, 0.15) is 5.78 Å². The van der Waals surface area contributed by atoms with Crippen molar-refractivity contribution in [3.8, 4) is 0 Å². The van der Waals surface area contributed by atoms with Crippen molar-refractivity contribution in [3.63, 3.8) is 0 Å². The summed E-state index contributed by atoms with van der Waals surface area (Å²) < 4.78 is 0. The number of carbonyl (C=O) groups excluding carboxylic acids is 1. The van der Waals surface area contributed by atoms with Crippen LogP contribution in [0.5, 0.6) is 0 Å². The molecule has 1 saturated heterocycles. The van der Waals surface area contributed by atoms with Gasteiger partial charge in [-0.05, 0) is 44.0 Å². The molecule has 1 aromatic rings. The van der Waals surface area contributed by atoms with E-state index in [1.807, 2.05) is 25.3 Å². The molecule has 1 aromatic heterocycles. The van der Waals surface area contributed by atoms with Crippen LogP contribution in [0.2, 0.25) is 0 Å². The molecular weight excluding hydrogens is 224 g/mol. The highest BCUT2D eigenvalue weighted by molar-refractivity contribution is 5.78. The number of nitrogens with zero attached hydrogens (tertiary/aromatic N) is 2. The predicted octanol–water partition coefficient (Wildman–Crippen LogP) is 2.66. The number of aromatic nitrogens is 1. The summed E-state index contributed by atoms with van der Waals surface area (Å²) in [6, 6.07) is 6.06. The summed E-state index contributed by atoms with van der Waals surface area (Å²) >= 11 is 0. The molecule has 0 atom stereocenters. The van der Waals surface area contributed by atoms with Gasteiger partial charge in [-0.1, -0.05) is 13.0 Å². The average Bonchev–Trinajstić information content (AvgIpc) is 2.42. The van der Waals surface area contributed by atoms with Crippen molar-refractivity contribution >= 4 is 5.78 Å². The molecule has 0 spiro atoms. The van der Waals surface area contributed by atoms with Gasteiger partial charge >= 0.3 is 0 Å². The third kappa shape index (κ3) is 3.91. The minimum absolute atomic E-state index is 0.415. The van der Waals surface area contributed by atoms with Crippen LogP contribution in [0.25, 0.3) is 0 Å². The predicted molar refractivity (Wildman–Crippen MR) is 72.2 cm³/mol. The maximum atomic E-state index is 11.4. The summed E-state index contributed by atoms with van der Waals surface area (Å²) in [5.74, 6) is 1.02. The summed E-state index contributed by atoms with van der Waals surface area (Å²) in [4.78, 5) is 18.2. The molecule has 0 saturated carbocycles. The maximum Gasteiger partial charge on any atom is 0.132 e. The molecule has 2 rings (SSSR count). The highest BCUT2D eigenvalue weighted by atomic mass is 16.1. The zero-order valence-corrected chi connectivity index (χ0v) is 11.1. The van der Waals surface area contributed by atoms with Gasteiger partial charge in [-0.2, -0.15) is 0 Å². The molecule has 0 aromatic carbocycles. The SMILES string of the molecule is CCC(=O)CC1CCN(Cc2ccccn2)CC1. The Kier molecular flexibility index (Phi) is 4.88. The lowest BCUT2D eigenvalue weighted by atomic mass is 9.91. The van der Waals surface area contributed by atoms with E-state index in [-0.39, 0.29) is 0 Å². The van der Waals surface area contributed by atoms with Crippen LogP contribution >= 0.6 is 0 Å². The van der Waals surface area contributed by atoms with Gasteiger partial charge in [0.25, 0.3) is 0 Å². The Bertz CT molecular complexity index is 369. The molecule has 1 fully saturated rings. The highest BCUT2D eigenvalue weighted by Crippen LogP contribution is 2.22. The van der Waals surface area contributed by atoms with Crippen molar-refractivity contribution in [2.75, 3.05) is 13.1 Å². The van der Waals surface area contributed by atoms with E-state index >= 15 is 0 Å². The molecule has 0 bridgehead atoms. The average molecular weight is 246 g/mol. The van der Waals surface area contributed by atoms with Gasteiger partial charge in [0, 0.05) is 25.6 Å². The Morgan fingerprint density at radius 1 is 1.39 bits per heavy atom. The number of pyridine rings is 1. The normalized spacial score (nSPS) is 17.8. The van der Waals surface area contributed by atoms with E-state index in [2.05, 4.69) is 16.0 Å². The first-order valence-corrected chi connectivity index (χ1v) is 6.92. The van der Waals surface area contributed by atoms with Gasteiger partial charge in [0.2, 0.25) is 0 Å². The molecule has 0 radical (unpaired) electrons. The molecule has 3 nitrogen and oxygen atoms in total. The van der Waals surface area contributed by atoms with Crippen molar-refractivity contribution in [1.82, 2.24) is 9.88 Å². The van der Waals surface area contributed by atoms with Gasteiger partial charge in [-0.25, -0.2) is 0 Å². The molecule has 3 heteroatoms. The molecule has 0 unspecified atom stereocenters. The van der Waals surface area contributed by atoms with Crippen molar-refractivity contribution in [1.29, 1.82) is 0 Å². The molecule has 1 aliphatic heterocycles. The fourth-order valence-electron chi connectivity index (χ4n) is 2.54. The molecule has 98 valence electrons. The molecular formula is C15H22N2O. The zero-order valence-electron chi connectivity index (χ0n) is 11.1. The van der Waals surface area contributed by atoms with Crippen molar-refractivity contribution in [3.05, 3.63) is 30.1 Å². The first-order valence-electron chi connectivity index (χ1n) is 6.92. The molecule has 1 aliphatic rings. The summed E-state index contributed by atoms with van der Waals surface area (Å²) in [5, 5.41) is 0. The quantitative estimate of drug-likeness (QED) is 0.801. The second-order valence-electron chi connectivity index (χ2n) is 5.14. The van der Waals surface area contributed by atoms with Gasteiger partial charge < -0.3 is 0 Å². The summed E-state index contributed by atoms with van der Waals surface area (Å²) in [5.41, 5.74) is 1.14.